The summed E-state index contributed by atoms with van der Waals surface area (Å²) in [5.41, 5.74) is 0.991. The van der Waals surface area contributed by atoms with Crippen LogP contribution in [0.1, 0.15) is 44.1 Å². The lowest BCUT2D eigenvalue weighted by molar-refractivity contribution is -0.127. The van der Waals surface area contributed by atoms with Crippen molar-refractivity contribution in [3.05, 3.63) is 17.0 Å². The smallest absolute Gasteiger partial charge is 0.252 e. The van der Waals surface area contributed by atoms with Crippen molar-refractivity contribution in [3.8, 4) is 0 Å². The molecule has 1 atom stereocenters. The van der Waals surface area contributed by atoms with Crippen LogP contribution < -0.4 is 0 Å². The van der Waals surface area contributed by atoms with Gasteiger partial charge < -0.3 is 4.90 Å². The summed E-state index contributed by atoms with van der Waals surface area (Å²) in [5.74, 6) is 0.212. The Balaban J connectivity index is 1.72. The van der Waals surface area contributed by atoms with Gasteiger partial charge in [-0.1, -0.05) is 6.42 Å². The van der Waals surface area contributed by atoms with Gasteiger partial charge in [0.05, 0.1) is 0 Å². The number of carbonyl (C=O) groups is 1. The van der Waals surface area contributed by atoms with Crippen LogP contribution in [0, 0.1) is 6.92 Å². The van der Waals surface area contributed by atoms with Crippen molar-refractivity contribution in [3.63, 3.8) is 0 Å². The topological polar surface area (TPSA) is 57.7 Å². The molecule has 5 nitrogen and oxygen atoms in total. The molecule has 1 unspecified atom stereocenters. The number of piperidine rings is 1. The maximum Gasteiger partial charge on any atom is 0.252 e. The molecule has 7 heteroatoms. The van der Waals surface area contributed by atoms with E-state index in [0.29, 0.717) is 23.7 Å². The maximum atomic E-state index is 12.9. The number of hydrogen-bond donors (Lipinski definition) is 0. The highest BCUT2D eigenvalue weighted by Gasteiger charge is 2.34. The number of nitrogens with zero attached hydrogens (tertiary/aromatic N) is 2. The van der Waals surface area contributed by atoms with Gasteiger partial charge in [-0.05, 0) is 49.6 Å². The minimum Gasteiger partial charge on any atom is -0.343 e. The van der Waals surface area contributed by atoms with Gasteiger partial charge in [-0.3, -0.25) is 4.79 Å². The van der Waals surface area contributed by atoms with E-state index in [0.717, 1.165) is 44.2 Å². The normalized spacial score (nSPS) is 23.6. The molecular formula is C16H24N2O3S2. The van der Waals surface area contributed by atoms with Crippen molar-refractivity contribution in [2.24, 2.45) is 0 Å². The van der Waals surface area contributed by atoms with E-state index in [2.05, 4.69) is 0 Å². The molecule has 1 aromatic heterocycles. The summed E-state index contributed by atoms with van der Waals surface area (Å²) in [5, 5.41) is 1.88. The van der Waals surface area contributed by atoms with Gasteiger partial charge in [0.15, 0.2) is 0 Å². The van der Waals surface area contributed by atoms with Crippen molar-refractivity contribution in [2.75, 3.05) is 19.6 Å². The van der Waals surface area contributed by atoms with E-state index >= 15 is 0 Å². The van der Waals surface area contributed by atoms with Gasteiger partial charge in [-0.25, -0.2) is 8.42 Å². The van der Waals surface area contributed by atoms with Crippen LogP contribution in [-0.4, -0.2) is 49.2 Å². The molecule has 2 fully saturated rings. The molecule has 0 aromatic carbocycles. The third-order valence-electron chi connectivity index (χ3n) is 4.75. The third kappa shape index (κ3) is 3.61. The summed E-state index contributed by atoms with van der Waals surface area (Å²) in [4.78, 5) is 13.6. The van der Waals surface area contributed by atoms with Crippen LogP contribution in [0.2, 0.25) is 0 Å². The number of likely N-dealkylation sites (tertiary alicyclic amines) is 1. The highest BCUT2D eigenvalue weighted by atomic mass is 32.2. The van der Waals surface area contributed by atoms with Gasteiger partial charge in [0.2, 0.25) is 5.91 Å². The largest absolute Gasteiger partial charge is 0.343 e. The van der Waals surface area contributed by atoms with E-state index in [1.54, 1.807) is 10.4 Å². The Morgan fingerprint density at radius 3 is 2.74 bits per heavy atom. The molecule has 1 aromatic rings. The average Bonchev–Trinajstić information content (AvgIpc) is 3.14. The SMILES string of the molecule is Cc1csc(S(=O)(=O)N2CCCCC2CCN2CCCC2=O)c1. The first-order valence-corrected chi connectivity index (χ1v) is 10.7. The molecule has 0 bridgehead atoms. The standard InChI is InChI=1S/C16H24N2O3S2/c1-13-11-16(22-12-13)23(20,21)18-9-3-2-5-14(18)7-10-17-8-4-6-15(17)19/h11-12,14H,2-10H2,1H3. The van der Waals surface area contributed by atoms with Gasteiger partial charge in [0.1, 0.15) is 4.21 Å². The number of carbonyl (C=O) groups excluding carboxylic acids is 1. The second-order valence-corrected chi connectivity index (χ2v) is 9.51. The van der Waals surface area contributed by atoms with E-state index in [1.807, 2.05) is 17.2 Å². The predicted octanol–water partition coefficient (Wildman–Crippen LogP) is 2.61. The molecule has 0 spiro atoms. The minimum absolute atomic E-state index is 0.0181. The molecular weight excluding hydrogens is 332 g/mol. The van der Waals surface area contributed by atoms with E-state index in [9.17, 15) is 13.2 Å². The number of aryl methyl sites for hydroxylation is 1. The van der Waals surface area contributed by atoms with Crippen LogP contribution in [0.25, 0.3) is 0 Å². The number of sulfonamides is 1. The highest BCUT2D eigenvalue weighted by molar-refractivity contribution is 7.91. The van der Waals surface area contributed by atoms with Crippen LogP contribution >= 0.6 is 11.3 Å². The Kier molecular flexibility index (Phi) is 5.08. The van der Waals surface area contributed by atoms with Gasteiger partial charge in [0.25, 0.3) is 10.0 Å². The number of amides is 1. The molecule has 0 N–H and O–H groups in total. The Morgan fingerprint density at radius 1 is 1.26 bits per heavy atom. The fourth-order valence-corrected chi connectivity index (χ4v) is 6.56. The maximum absolute atomic E-state index is 12.9. The lowest BCUT2D eigenvalue weighted by Crippen LogP contribution is -2.45. The van der Waals surface area contributed by atoms with Gasteiger partial charge in [-0.15, -0.1) is 11.3 Å². The predicted molar refractivity (Wildman–Crippen MR) is 91.0 cm³/mol. The van der Waals surface area contributed by atoms with E-state index < -0.39 is 10.0 Å². The molecule has 1 amide bonds. The lowest BCUT2D eigenvalue weighted by atomic mass is 10.0. The monoisotopic (exact) mass is 356 g/mol. The van der Waals surface area contributed by atoms with Gasteiger partial charge in [0, 0.05) is 32.1 Å². The second-order valence-electron chi connectivity index (χ2n) is 6.48. The van der Waals surface area contributed by atoms with E-state index in [-0.39, 0.29) is 11.9 Å². The van der Waals surface area contributed by atoms with Gasteiger partial charge >= 0.3 is 0 Å². The number of rotatable bonds is 5. The molecule has 3 heterocycles. The average molecular weight is 357 g/mol. The summed E-state index contributed by atoms with van der Waals surface area (Å²) in [7, 11) is -3.40. The van der Waals surface area contributed by atoms with E-state index in [1.165, 1.54) is 11.3 Å². The van der Waals surface area contributed by atoms with Crippen LogP contribution in [0.15, 0.2) is 15.7 Å². The van der Waals surface area contributed by atoms with Crippen molar-refractivity contribution in [2.45, 2.75) is 55.7 Å². The molecule has 3 rings (SSSR count). The third-order valence-corrected chi connectivity index (χ3v) is 8.23. The zero-order valence-electron chi connectivity index (χ0n) is 13.5. The lowest BCUT2D eigenvalue weighted by Gasteiger charge is -2.35. The van der Waals surface area contributed by atoms with Crippen molar-refractivity contribution in [1.82, 2.24) is 9.21 Å². The molecule has 128 valence electrons. The van der Waals surface area contributed by atoms with E-state index in [4.69, 9.17) is 0 Å². The van der Waals surface area contributed by atoms with Crippen LogP contribution in [0.4, 0.5) is 0 Å². The molecule has 23 heavy (non-hydrogen) atoms. The summed E-state index contributed by atoms with van der Waals surface area (Å²) in [6, 6.07) is 1.78. The molecule has 0 saturated carbocycles. The summed E-state index contributed by atoms with van der Waals surface area (Å²) < 4.78 is 28.0. The zero-order chi connectivity index (χ0) is 16.4. The van der Waals surface area contributed by atoms with Crippen LogP contribution in [0.3, 0.4) is 0 Å². The summed E-state index contributed by atoms with van der Waals surface area (Å²) in [6.07, 6.45) is 5.19. The summed E-state index contributed by atoms with van der Waals surface area (Å²) in [6.45, 7) is 4.02. The Morgan fingerprint density at radius 2 is 2.09 bits per heavy atom. The molecule has 0 aliphatic carbocycles. The quantitative estimate of drug-likeness (QED) is 0.815. The minimum atomic E-state index is -3.40. The Labute approximate surface area is 142 Å². The number of hydrogen-bond acceptors (Lipinski definition) is 4. The van der Waals surface area contributed by atoms with Crippen LogP contribution in [-0.2, 0) is 14.8 Å². The van der Waals surface area contributed by atoms with Crippen molar-refractivity contribution >= 4 is 27.3 Å². The fraction of sp³-hybridized carbons (Fsp3) is 0.688. The molecule has 2 saturated heterocycles. The molecule has 0 radical (unpaired) electrons. The Bertz CT molecular complexity index is 669. The highest BCUT2D eigenvalue weighted by Crippen LogP contribution is 2.30. The first kappa shape index (κ1) is 16.9. The molecule has 2 aliphatic heterocycles. The fourth-order valence-electron chi connectivity index (χ4n) is 3.48. The number of thiophene rings is 1. The summed E-state index contributed by atoms with van der Waals surface area (Å²) >= 11 is 1.30. The van der Waals surface area contributed by atoms with Crippen LogP contribution in [0.5, 0.6) is 0 Å². The zero-order valence-corrected chi connectivity index (χ0v) is 15.2. The van der Waals surface area contributed by atoms with Crippen molar-refractivity contribution in [1.29, 1.82) is 0 Å². The first-order valence-electron chi connectivity index (χ1n) is 8.33. The molecule has 2 aliphatic rings. The van der Waals surface area contributed by atoms with Crippen molar-refractivity contribution < 1.29 is 13.2 Å². The second kappa shape index (κ2) is 6.91. The Hall–Kier alpha value is -0.920. The first-order chi connectivity index (χ1) is 11.0. The van der Waals surface area contributed by atoms with Gasteiger partial charge in [-0.2, -0.15) is 4.31 Å².